The molecular weight excluding hydrogens is 150 g/mol. The lowest BCUT2D eigenvalue weighted by atomic mass is 10.1. The second kappa shape index (κ2) is 4.83. The molecule has 12 heavy (non-hydrogen) atoms. The van der Waals surface area contributed by atoms with Crippen LogP contribution in [0.4, 0.5) is 0 Å². The van der Waals surface area contributed by atoms with Crippen LogP contribution in [0.1, 0.15) is 39.5 Å². The Morgan fingerprint density at radius 3 is 2.50 bits per heavy atom. The molecule has 0 radical (unpaired) electrons. The zero-order valence-electron chi connectivity index (χ0n) is 8.25. The summed E-state index contributed by atoms with van der Waals surface area (Å²) in [5, 5.41) is 0. The number of ether oxygens (including phenoxy) is 1. The van der Waals surface area contributed by atoms with E-state index in [1.165, 1.54) is 19.3 Å². The molecule has 1 saturated carbocycles. The summed E-state index contributed by atoms with van der Waals surface area (Å²) in [6.45, 7) is 4.81. The third-order valence-corrected chi connectivity index (χ3v) is 2.32. The fourth-order valence-corrected chi connectivity index (χ4v) is 1.45. The quantitative estimate of drug-likeness (QED) is 0.662. The molecule has 1 unspecified atom stereocenters. The van der Waals surface area contributed by atoms with Crippen LogP contribution in [0.5, 0.6) is 0 Å². The zero-order valence-corrected chi connectivity index (χ0v) is 8.25. The fraction of sp³-hybridized carbons (Fsp3) is 1.00. The van der Waals surface area contributed by atoms with Crippen LogP contribution >= 0.6 is 0 Å². The van der Waals surface area contributed by atoms with Gasteiger partial charge in [-0.1, -0.05) is 12.8 Å². The SMILES string of the molecule is CC(C)OC(CN)CCC1CC1. The Morgan fingerprint density at radius 2 is 2.08 bits per heavy atom. The van der Waals surface area contributed by atoms with Crippen molar-refractivity contribution in [3.05, 3.63) is 0 Å². The van der Waals surface area contributed by atoms with E-state index < -0.39 is 0 Å². The highest BCUT2D eigenvalue weighted by Crippen LogP contribution is 2.34. The molecule has 1 fully saturated rings. The summed E-state index contributed by atoms with van der Waals surface area (Å²) in [7, 11) is 0. The second-order valence-corrected chi connectivity index (χ2v) is 4.06. The van der Waals surface area contributed by atoms with E-state index in [0.29, 0.717) is 18.8 Å². The van der Waals surface area contributed by atoms with Crippen LogP contribution < -0.4 is 5.73 Å². The van der Waals surface area contributed by atoms with Gasteiger partial charge in [-0.05, 0) is 32.6 Å². The van der Waals surface area contributed by atoms with Crippen molar-refractivity contribution in [2.75, 3.05) is 6.54 Å². The van der Waals surface area contributed by atoms with Gasteiger partial charge in [0.1, 0.15) is 0 Å². The normalized spacial score (nSPS) is 20.0. The number of nitrogens with two attached hydrogens (primary N) is 1. The van der Waals surface area contributed by atoms with Gasteiger partial charge in [0.25, 0.3) is 0 Å². The van der Waals surface area contributed by atoms with E-state index in [4.69, 9.17) is 10.5 Å². The van der Waals surface area contributed by atoms with Crippen LogP contribution in [0.2, 0.25) is 0 Å². The molecule has 2 N–H and O–H groups in total. The molecule has 1 aliphatic rings. The number of rotatable bonds is 6. The summed E-state index contributed by atoms with van der Waals surface area (Å²) >= 11 is 0. The Kier molecular flexibility index (Phi) is 4.02. The lowest BCUT2D eigenvalue weighted by Gasteiger charge is -2.18. The van der Waals surface area contributed by atoms with Crippen LogP contribution in [0.3, 0.4) is 0 Å². The Bertz CT molecular complexity index is 121. The van der Waals surface area contributed by atoms with Crippen molar-refractivity contribution in [1.82, 2.24) is 0 Å². The van der Waals surface area contributed by atoms with Crippen molar-refractivity contribution in [3.63, 3.8) is 0 Å². The molecule has 0 saturated heterocycles. The topological polar surface area (TPSA) is 35.2 Å². The van der Waals surface area contributed by atoms with Crippen molar-refractivity contribution >= 4 is 0 Å². The fourth-order valence-electron chi connectivity index (χ4n) is 1.45. The standard InChI is InChI=1S/C10H21NO/c1-8(2)12-10(7-11)6-5-9-3-4-9/h8-10H,3-7,11H2,1-2H3. The molecule has 0 spiro atoms. The van der Waals surface area contributed by atoms with E-state index in [2.05, 4.69) is 13.8 Å². The van der Waals surface area contributed by atoms with Gasteiger partial charge in [0.05, 0.1) is 12.2 Å². The highest BCUT2D eigenvalue weighted by molar-refractivity contribution is 4.75. The average Bonchev–Trinajstić information content (AvgIpc) is 2.80. The van der Waals surface area contributed by atoms with Gasteiger partial charge in [0.15, 0.2) is 0 Å². The minimum atomic E-state index is 0.297. The van der Waals surface area contributed by atoms with Crippen molar-refractivity contribution < 1.29 is 4.74 Å². The first-order valence-electron chi connectivity index (χ1n) is 5.08. The van der Waals surface area contributed by atoms with E-state index in [9.17, 15) is 0 Å². The second-order valence-electron chi connectivity index (χ2n) is 4.06. The maximum Gasteiger partial charge on any atom is 0.0700 e. The molecule has 1 atom stereocenters. The Morgan fingerprint density at radius 1 is 1.42 bits per heavy atom. The third kappa shape index (κ3) is 4.07. The van der Waals surface area contributed by atoms with Gasteiger partial charge in [0.2, 0.25) is 0 Å². The highest BCUT2D eigenvalue weighted by atomic mass is 16.5. The largest absolute Gasteiger partial charge is 0.374 e. The lowest BCUT2D eigenvalue weighted by Crippen LogP contribution is -2.26. The van der Waals surface area contributed by atoms with E-state index in [1.54, 1.807) is 0 Å². The molecular formula is C10H21NO. The molecule has 2 nitrogen and oxygen atoms in total. The molecule has 0 aromatic rings. The van der Waals surface area contributed by atoms with Crippen LogP contribution in [-0.4, -0.2) is 18.8 Å². The molecule has 0 aromatic heterocycles. The first-order chi connectivity index (χ1) is 5.72. The van der Waals surface area contributed by atoms with E-state index in [1.807, 2.05) is 0 Å². The average molecular weight is 171 g/mol. The van der Waals surface area contributed by atoms with Crippen molar-refractivity contribution in [3.8, 4) is 0 Å². The first kappa shape index (κ1) is 10.0. The van der Waals surface area contributed by atoms with Crippen LogP contribution in [0.25, 0.3) is 0 Å². The third-order valence-electron chi connectivity index (χ3n) is 2.32. The predicted octanol–water partition coefficient (Wildman–Crippen LogP) is 1.93. The first-order valence-corrected chi connectivity index (χ1v) is 5.08. The monoisotopic (exact) mass is 171 g/mol. The van der Waals surface area contributed by atoms with Crippen LogP contribution in [0, 0.1) is 5.92 Å². The van der Waals surface area contributed by atoms with Gasteiger partial charge in [-0.2, -0.15) is 0 Å². The summed E-state index contributed by atoms with van der Waals surface area (Å²) in [5.41, 5.74) is 5.60. The van der Waals surface area contributed by atoms with E-state index in [-0.39, 0.29) is 0 Å². The smallest absolute Gasteiger partial charge is 0.0700 e. The predicted molar refractivity (Wildman–Crippen MR) is 51.0 cm³/mol. The van der Waals surface area contributed by atoms with Crippen LogP contribution in [-0.2, 0) is 4.74 Å². The van der Waals surface area contributed by atoms with E-state index >= 15 is 0 Å². The van der Waals surface area contributed by atoms with Crippen LogP contribution in [0.15, 0.2) is 0 Å². The molecule has 0 heterocycles. The number of hydrogen-bond acceptors (Lipinski definition) is 2. The summed E-state index contributed by atoms with van der Waals surface area (Å²) in [4.78, 5) is 0. The van der Waals surface area contributed by atoms with Gasteiger partial charge < -0.3 is 10.5 Å². The van der Waals surface area contributed by atoms with Gasteiger partial charge in [-0.25, -0.2) is 0 Å². The lowest BCUT2D eigenvalue weighted by molar-refractivity contribution is 0.00693. The van der Waals surface area contributed by atoms with E-state index in [0.717, 1.165) is 12.3 Å². The molecule has 72 valence electrons. The maximum atomic E-state index is 5.65. The molecule has 0 bridgehead atoms. The Balaban J connectivity index is 2.06. The summed E-state index contributed by atoms with van der Waals surface area (Å²) in [6.07, 6.45) is 5.94. The highest BCUT2D eigenvalue weighted by Gasteiger charge is 2.22. The maximum absolute atomic E-state index is 5.65. The summed E-state index contributed by atoms with van der Waals surface area (Å²) < 4.78 is 5.65. The van der Waals surface area contributed by atoms with Crippen molar-refractivity contribution in [2.45, 2.75) is 51.7 Å². The molecule has 0 aromatic carbocycles. The van der Waals surface area contributed by atoms with Crippen molar-refractivity contribution in [2.24, 2.45) is 11.7 Å². The number of hydrogen-bond donors (Lipinski definition) is 1. The molecule has 1 aliphatic carbocycles. The molecule has 0 aliphatic heterocycles. The minimum absolute atomic E-state index is 0.297. The molecule has 0 amide bonds. The van der Waals surface area contributed by atoms with Crippen molar-refractivity contribution in [1.29, 1.82) is 0 Å². The van der Waals surface area contributed by atoms with Gasteiger partial charge in [-0.15, -0.1) is 0 Å². The van der Waals surface area contributed by atoms with Gasteiger partial charge >= 0.3 is 0 Å². The Labute approximate surface area is 75.5 Å². The zero-order chi connectivity index (χ0) is 8.97. The Hall–Kier alpha value is -0.0800. The minimum Gasteiger partial charge on any atom is -0.374 e. The molecule has 2 heteroatoms. The van der Waals surface area contributed by atoms with Gasteiger partial charge in [0, 0.05) is 6.54 Å². The molecule has 1 rings (SSSR count). The van der Waals surface area contributed by atoms with Gasteiger partial charge in [-0.3, -0.25) is 0 Å². The summed E-state index contributed by atoms with van der Waals surface area (Å²) in [5.74, 6) is 0.995. The summed E-state index contributed by atoms with van der Waals surface area (Å²) in [6, 6.07) is 0.